The average molecular weight is 263 g/mol. The maximum atomic E-state index is 6.06. The van der Waals surface area contributed by atoms with Crippen molar-refractivity contribution >= 4 is 18.4 Å². The van der Waals surface area contributed by atoms with E-state index in [4.69, 9.17) is 9.31 Å². The van der Waals surface area contributed by atoms with Gasteiger partial charge in [-0.3, -0.25) is 4.48 Å². The maximum absolute atomic E-state index is 6.06. The summed E-state index contributed by atoms with van der Waals surface area (Å²) in [5.74, 6) is 0.993. The summed E-state index contributed by atoms with van der Waals surface area (Å²) in [7, 11) is 5.96. The van der Waals surface area contributed by atoms with Gasteiger partial charge in [-0.25, -0.2) is 4.98 Å². The zero-order chi connectivity index (χ0) is 14.5. The molecule has 1 aliphatic heterocycles. The molecule has 0 aromatic carbocycles. The Hall–Kier alpha value is -0.905. The molecule has 104 valence electrons. The van der Waals surface area contributed by atoms with Gasteiger partial charge in [-0.15, -0.1) is 0 Å². The van der Waals surface area contributed by atoms with Crippen molar-refractivity contribution in [2.75, 3.05) is 21.1 Å². The number of pyridine rings is 1. The number of rotatable bonds is 2. The second-order valence-corrected chi connectivity index (χ2v) is 7.05. The van der Waals surface area contributed by atoms with Crippen LogP contribution in [0.2, 0.25) is 0 Å². The van der Waals surface area contributed by atoms with Crippen LogP contribution >= 0.6 is 0 Å². The summed E-state index contributed by atoms with van der Waals surface area (Å²) in [5.41, 5.74) is 0.409. The second kappa shape index (κ2) is 4.30. The van der Waals surface area contributed by atoms with E-state index in [0.717, 1.165) is 11.3 Å². The first-order valence-electron chi connectivity index (χ1n) is 6.66. The molecule has 5 heteroatoms. The van der Waals surface area contributed by atoms with Crippen molar-refractivity contribution in [1.82, 2.24) is 9.47 Å². The van der Waals surface area contributed by atoms with E-state index in [1.165, 1.54) is 0 Å². The van der Waals surface area contributed by atoms with Crippen LogP contribution in [-0.4, -0.2) is 44.4 Å². The number of quaternary nitrogens is 1. The third-order valence-corrected chi connectivity index (χ3v) is 3.98. The fraction of sp³-hybridized carbons (Fsp3) is 0.643. The lowest BCUT2D eigenvalue weighted by atomic mass is 9.79. The van der Waals surface area contributed by atoms with Gasteiger partial charge < -0.3 is 9.31 Å². The standard InChI is InChI=1S/C14H24BN2O2/c1-13(2)14(3,4)19-15(18-13)11-8-9-16-12(10-11)17(5,6)7/h8-10H,1-7H3/q+1. The highest BCUT2D eigenvalue weighted by Crippen LogP contribution is 2.36. The SMILES string of the molecule is CC1(C)OB(c2ccnc([N+](C)(C)C)c2)OC1(C)C. The molecule has 0 spiro atoms. The van der Waals surface area contributed by atoms with Crippen molar-refractivity contribution in [1.29, 1.82) is 0 Å². The first-order chi connectivity index (χ1) is 8.53. The van der Waals surface area contributed by atoms with Gasteiger partial charge in [0, 0.05) is 12.3 Å². The average Bonchev–Trinajstić information content (AvgIpc) is 2.47. The Labute approximate surface area is 116 Å². The number of nitrogens with zero attached hydrogens (tertiary/aromatic N) is 2. The summed E-state index contributed by atoms with van der Waals surface area (Å²) in [5, 5.41) is 0. The highest BCUT2D eigenvalue weighted by Gasteiger charge is 2.51. The lowest BCUT2D eigenvalue weighted by Gasteiger charge is -2.32. The van der Waals surface area contributed by atoms with E-state index in [1.54, 1.807) is 0 Å². The Balaban J connectivity index is 2.30. The van der Waals surface area contributed by atoms with Gasteiger partial charge in [-0.05, 0) is 39.2 Å². The first kappa shape index (κ1) is 14.5. The van der Waals surface area contributed by atoms with Crippen LogP contribution in [0.5, 0.6) is 0 Å². The second-order valence-electron chi connectivity index (χ2n) is 7.05. The summed E-state index contributed by atoms with van der Waals surface area (Å²) in [6.07, 6.45) is 1.82. The molecule has 4 nitrogen and oxygen atoms in total. The largest absolute Gasteiger partial charge is 0.495 e. The highest BCUT2D eigenvalue weighted by atomic mass is 16.7. The molecule has 1 fully saturated rings. The Bertz CT molecular complexity index is 465. The number of hydrogen-bond donors (Lipinski definition) is 0. The molecule has 0 N–H and O–H groups in total. The van der Waals surface area contributed by atoms with Crippen LogP contribution in [0.15, 0.2) is 18.3 Å². The zero-order valence-electron chi connectivity index (χ0n) is 13.0. The fourth-order valence-electron chi connectivity index (χ4n) is 1.93. The van der Waals surface area contributed by atoms with Crippen LogP contribution < -0.4 is 9.95 Å². The number of aromatic nitrogens is 1. The van der Waals surface area contributed by atoms with Crippen molar-refractivity contribution in [3.05, 3.63) is 18.3 Å². The summed E-state index contributed by atoms with van der Waals surface area (Å²) in [6, 6.07) is 4.02. The van der Waals surface area contributed by atoms with E-state index in [-0.39, 0.29) is 18.3 Å². The molecule has 0 atom stereocenters. The Morgan fingerprint density at radius 2 is 1.58 bits per heavy atom. The van der Waals surface area contributed by atoms with E-state index >= 15 is 0 Å². The van der Waals surface area contributed by atoms with Crippen LogP contribution in [0.4, 0.5) is 5.82 Å². The van der Waals surface area contributed by atoms with E-state index < -0.39 is 0 Å². The van der Waals surface area contributed by atoms with Gasteiger partial charge in [-0.2, -0.15) is 0 Å². The normalized spacial score (nSPS) is 21.7. The first-order valence-corrected chi connectivity index (χ1v) is 6.66. The molecule has 19 heavy (non-hydrogen) atoms. The molecule has 2 heterocycles. The summed E-state index contributed by atoms with van der Waals surface area (Å²) in [6.45, 7) is 8.26. The molecule has 0 radical (unpaired) electrons. The van der Waals surface area contributed by atoms with Gasteiger partial charge >= 0.3 is 7.12 Å². The van der Waals surface area contributed by atoms with Gasteiger partial charge in [0.15, 0.2) is 0 Å². The molecule has 0 unspecified atom stereocenters. The predicted molar refractivity (Wildman–Crippen MR) is 79.5 cm³/mol. The highest BCUT2D eigenvalue weighted by molar-refractivity contribution is 6.62. The maximum Gasteiger partial charge on any atom is 0.495 e. The summed E-state index contributed by atoms with van der Waals surface area (Å²) in [4.78, 5) is 4.42. The minimum Gasteiger partial charge on any atom is -0.399 e. The van der Waals surface area contributed by atoms with Crippen LogP contribution in [0, 0.1) is 0 Å². The van der Waals surface area contributed by atoms with Crippen molar-refractivity contribution in [3.8, 4) is 0 Å². The molecule has 0 saturated carbocycles. The minimum absolute atomic E-state index is 0.308. The lowest BCUT2D eigenvalue weighted by Crippen LogP contribution is -2.41. The van der Waals surface area contributed by atoms with Crippen molar-refractivity contribution < 1.29 is 9.31 Å². The monoisotopic (exact) mass is 263 g/mol. The van der Waals surface area contributed by atoms with Crippen LogP contribution in [0.1, 0.15) is 27.7 Å². The quantitative estimate of drug-likeness (QED) is 0.599. The van der Waals surface area contributed by atoms with Gasteiger partial charge in [0.25, 0.3) is 0 Å². The van der Waals surface area contributed by atoms with E-state index in [9.17, 15) is 0 Å². The third kappa shape index (κ3) is 2.68. The van der Waals surface area contributed by atoms with E-state index in [0.29, 0.717) is 4.48 Å². The predicted octanol–water partition coefficient (Wildman–Crippen LogP) is 1.58. The van der Waals surface area contributed by atoms with E-state index in [1.807, 2.05) is 12.3 Å². The van der Waals surface area contributed by atoms with Gasteiger partial charge in [0.05, 0.1) is 32.3 Å². The number of hydrogen-bond acceptors (Lipinski definition) is 3. The molecule has 0 aliphatic carbocycles. The van der Waals surface area contributed by atoms with Crippen molar-refractivity contribution in [3.63, 3.8) is 0 Å². The molecule has 1 aliphatic rings. The zero-order valence-corrected chi connectivity index (χ0v) is 13.0. The summed E-state index contributed by atoms with van der Waals surface area (Å²) < 4.78 is 12.8. The molecule has 2 rings (SSSR count). The molecule has 1 saturated heterocycles. The topological polar surface area (TPSA) is 31.4 Å². The van der Waals surface area contributed by atoms with Crippen molar-refractivity contribution in [2.45, 2.75) is 38.9 Å². The minimum atomic E-state index is -0.321. The summed E-state index contributed by atoms with van der Waals surface area (Å²) >= 11 is 0. The third-order valence-electron chi connectivity index (χ3n) is 3.98. The van der Waals surface area contributed by atoms with E-state index in [2.05, 4.69) is 59.9 Å². The van der Waals surface area contributed by atoms with Gasteiger partial charge in [0.2, 0.25) is 5.82 Å². The molecule has 1 aromatic rings. The Morgan fingerprint density at radius 1 is 1.05 bits per heavy atom. The molecular formula is C14H24BN2O2+. The Morgan fingerprint density at radius 3 is 2.05 bits per heavy atom. The smallest absolute Gasteiger partial charge is 0.399 e. The van der Waals surface area contributed by atoms with Crippen LogP contribution in [0.3, 0.4) is 0 Å². The van der Waals surface area contributed by atoms with Crippen LogP contribution in [0.25, 0.3) is 0 Å². The molecule has 0 amide bonds. The van der Waals surface area contributed by atoms with Crippen molar-refractivity contribution in [2.24, 2.45) is 0 Å². The molecule has 1 aromatic heterocycles. The Kier molecular flexibility index (Phi) is 3.28. The molecular weight excluding hydrogens is 239 g/mol. The van der Waals surface area contributed by atoms with Gasteiger partial charge in [-0.1, -0.05) is 0 Å². The lowest BCUT2D eigenvalue weighted by molar-refractivity contribution is 0.00578. The van der Waals surface area contributed by atoms with Crippen LogP contribution in [-0.2, 0) is 9.31 Å². The molecule has 0 bridgehead atoms. The van der Waals surface area contributed by atoms with Gasteiger partial charge in [0.1, 0.15) is 0 Å². The fourth-order valence-corrected chi connectivity index (χ4v) is 1.93.